The van der Waals surface area contributed by atoms with Gasteiger partial charge in [-0.2, -0.15) is 4.98 Å². The third kappa shape index (κ3) is 7.72. The summed E-state index contributed by atoms with van der Waals surface area (Å²) in [6.07, 6.45) is 0. The van der Waals surface area contributed by atoms with Crippen molar-refractivity contribution in [3.8, 4) is 34.3 Å². The SMILES string of the molecule is CC.CC.CCOc1ccc(-c2nc(-c3cccc(CN(C)C)c3)no2)cc1OCC. The molecule has 0 aliphatic heterocycles. The second kappa shape index (κ2) is 14.2. The Kier molecular flexibility index (Phi) is 12.0. The Bertz CT molecular complexity index is 891. The fourth-order valence-electron chi connectivity index (χ4n) is 2.82. The quantitative estimate of drug-likeness (QED) is 0.419. The zero-order chi connectivity index (χ0) is 23.2. The standard InChI is InChI=1S/C21H25N3O3.2C2H6/c1-5-25-18-11-10-17(13-19(18)26-6-2)21-22-20(23-27-21)16-9-7-8-15(12-16)14-24(3)4;2*1-2/h7-13H,5-6,14H2,1-4H3;2*1-2H3. The monoisotopic (exact) mass is 427 g/mol. The van der Waals surface area contributed by atoms with Crippen LogP contribution in [0.3, 0.4) is 0 Å². The summed E-state index contributed by atoms with van der Waals surface area (Å²) in [5, 5.41) is 4.15. The van der Waals surface area contributed by atoms with Crippen LogP contribution in [0.1, 0.15) is 47.1 Å². The second-order valence-electron chi connectivity index (χ2n) is 6.39. The fourth-order valence-corrected chi connectivity index (χ4v) is 2.82. The second-order valence-corrected chi connectivity index (χ2v) is 6.39. The zero-order valence-electron chi connectivity index (χ0n) is 20.2. The van der Waals surface area contributed by atoms with E-state index in [1.54, 1.807) is 0 Å². The van der Waals surface area contributed by atoms with Crippen molar-refractivity contribution in [1.29, 1.82) is 0 Å². The highest BCUT2D eigenvalue weighted by atomic mass is 16.5. The van der Waals surface area contributed by atoms with Crippen LogP contribution in [0.25, 0.3) is 22.8 Å². The van der Waals surface area contributed by atoms with Crippen LogP contribution in [0, 0.1) is 0 Å². The third-order valence-corrected chi connectivity index (χ3v) is 3.90. The molecule has 0 unspecified atom stereocenters. The van der Waals surface area contributed by atoms with E-state index in [1.165, 1.54) is 5.56 Å². The molecule has 3 aromatic rings. The topological polar surface area (TPSA) is 60.6 Å². The predicted octanol–water partition coefficient (Wildman–Crippen LogP) is 6.32. The Morgan fingerprint density at radius 2 is 1.52 bits per heavy atom. The molecule has 0 spiro atoms. The van der Waals surface area contributed by atoms with Gasteiger partial charge in [0.2, 0.25) is 5.82 Å². The number of hydrogen-bond acceptors (Lipinski definition) is 6. The number of hydrogen-bond donors (Lipinski definition) is 0. The minimum Gasteiger partial charge on any atom is -0.490 e. The molecule has 31 heavy (non-hydrogen) atoms. The minimum atomic E-state index is 0.451. The molecule has 0 N–H and O–H groups in total. The molecule has 170 valence electrons. The molecule has 0 aliphatic rings. The van der Waals surface area contributed by atoms with E-state index < -0.39 is 0 Å². The Balaban J connectivity index is 0.00000113. The van der Waals surface area contributed by atoms with E-state index in [2.05, 4.69) is 27.2 Å². The highest BCUT2D eigenvalue weighted by molar-refractivity contribution is 5.63. The van der Waals surface area contributed by atoms with Gasteiger partial charge in [-0.3, -0.25) is 0 Å². The summed E-state index contributed by atoms with van der Waals surface area (Å²) in [4.78, 5) is 6.68. The van der Waals surface area contributed by atoms with E-state index in [0.29, 0.717) is 36.4 Å². The molecule has 0 saturated heterocycles. The van der Waals surface area contributed by atoms with Crippen LogP contribution >= 0.6 is 0 Å². The summed E-state index contributed by atoms with van der Waals surface area (Å²) < 4.78 is 16.8. The summed E-state index contributed by atoms with van der Waals surface area (Å²) in [5.74, 6) is 2.40. The lowest BCUT2D eigenvalue weighted by atomic mass is 10.1. The van der Waals surface area contributed by atoms with Crippen LogP contribution in [0.15, 0.2) is 47.0 Å². The van der Waals surface area contributed by atoms with Gasteiger partial charge in [-0.05, 0) is 57.8 Å². The largest absolute Gasteiger partial charge is 0.490 e. The third-order valence-electron chi connectivity index (χ3n) is 3.90. The fraction of sp³-hybridized carbons (Fsp3) is 0.440. The van der Waals surface area contributed by atoms with E-state index in [1.807, 2.05) is 86.0 Å². The summed E-state index contributed by atoms with van der Waals surface area (Å²) in [5.41, 5.74) is 2.92. The van der Waals surface area contributed by atoms with Gasteiger partial charge < -0.3 is 18.9 Å². The Morgan fingerprint density at radius 1 is 0.839 bits per heavy atom. The maximum atomic E-state index is 5.68. The number of ether oxygens (including phenoxy) is 2. The van der Waals surface area contributed by atoms with Crippen molar-refractivity contribution in [2.75, 3.05) is 27.3 Å². The molecule has 1 aromatic heterocycles. The van der Waals surface area contributed by atoms with Crippen molar-refractivity contribution in [2.24, 2.45) is 0 Å². The van der Waals surface area contributed by atoms with E-state index in [4.69, 9.17) is 14.0 Å². The van der Waals surface area contributed by atoms with Gasteiger partial charge >= 0.3 is 0 Å². The Morgan fingerprint density at radius 3 is 2.16 bits per heavy atom. The van der Waals surface area contributed by atoms with Crippen LogP contribution in [-0.2, 0) is 6.54 Å². The lowest BCUT2D eigenvalue weighted by Gasteiger charge is -2.11. The van der Waals surface area contributed by atoms with E-state index >= 15 is 0 Å². The molecule has 0 bridgehead atoms. The first-order valence-corrected chi connectivity index (χ1v) is 11.1. The molecule has 1 heterocycles. The van der Waals surface area contributed by atoms with Gasteiger partial charge in [0.25, 0.3) is 5.89 Å². The highest BCUT2D eigenvalue weighted by Crippen LogP contribution is 2.33. The predicted molar refractivity (Wildman–Crippen MR) is 128 cm³/mol. The molecular weight excluding hydrogens is 390 g/mol. The molecule has 3 rings (SSSR count). The zero-order valence-corrected chi connectivity index (χ0v) is 20.2. The maximum absolute atomic E-state index is 5.68. The van der Waals surface area contributed by atoms with E-state index in [0.717, 1.165) is 17.7 Å². The van der Waals surface area contributed by atoms with Crippen LogP contribution in [0.2, 0.25) is 0 Å². The Labute approximate surface area is 187 Å². The molecular formula is C25H37N3O3. The van der Waals surface area contributed by atoms with Crippen molar-refractivity contribution < 1.29 is 14.0 Å². The van der Waals surface area contributed by atoms with Crippen LogP contribution in [0.4, 0.5) is 0 Å². The lowest BCUT2D eigenvalue weighted by molar-refractivity contribution is 0.288. The molecule has 0 radical (unpaired) electrons. The summed E-state index contributed by atoms with van der Waals surface area (Å²) in [6.45, 7) is 13.9. The van der Waals surface area contributed by atoms with Gasteiger partial charge in [-0.15, -0.1) is 0 Å². The van der Waals surface area contributed by atoms with Crippen LogP contribution in [-0.4, -0.2) is 42.3 Å². The van der Waals surface area contributed by atoms with Gasteiger partial charge in [-0.25, -0.2) is 0 Å². The average Bonchev–Trinajstić information content (AvgIpc) is 3.28. The van der Waals surface area contributed by atoms with Crippen LogP contribution in [0.5, 0.6) is 11.5 Å². The first-order chi connectivity index (χ1) is 15.1. The average molecular weight is 428 g/mol. The first kappa shape index (κ1) is 26.2. The Hall–Kier alpha value is -2.86. The molecule has 0 atom stereocenters. The molecule has 6 heteroatoms. The minimum absolute atomic E-state index is 0.451. The van der Waals surface area contributed by atoms with Gasteiger partial charge in [-0.1, -0.05) is 51.1 Å². The number of rotatable bonds is 8. The van der Waals surface area contributed by atoms with Gasteiger partial charge in [0.1, 0.15) is 0 Å². The normalized spacial score (nSPS) is 9.97. The lowest BCUT2D eigenvalue weighted by Crippen LogP contribution is -2.10. The first-order valence-electron chi connectivity index (χ1n) is 11.1. The number of aromatic nitrogens is 2. The molecule has 2 aromatic carbocycles. The van der Waals surface area contributed by atoms with Gasteiger partial charge in [0, 0.05) is 17.7 Å². The number of nitrogens with zero attached hydrogens (tertiary/aromatic N) is 3. The molecule has 0 saturated carbocycles. The summed E-state index contributed by atoms with van der Waals surface area (Å²) in [6, 6.07) is 13.8. The van der Waals surface area contributed by atoms with E-state index in [9.17, 15) is 0 Å². The van der Waals surface area contributed by atoms with Gasteiger partial charge in [0.15, 0.2) is 11.5 Å². The van der Waals surface area contributed by atoms with Crippen molar-refractivity contribution in [3.63, 3.8) is 0 Å². The number of benzene rings is 2. The van der Waals surface area contributed by atoms with Crippen molar-refractivity contribution in [3.05, 3.63) is 48.0 Å². The van der Waals surface area contributed by atoms with Crippen molar-refractivity contribution >= 4 is 0 Å². The smallest absolute Gasteiger partial charge is 0.258 e. The highest BCUT2D eigenvalue weighted by Gasteiger charge is 2.14. The maximum Gasteiger partial charge on any atom is 0.258 e. The van der Waals surface area contributed by atoms with Crippen molar-refractivity contribution in [1.82, 2.24) is 15.0 Å². The van der Waals surface area contributed by atoms with Crippen LogP contribution < -0.4 is 9.47 Å². The van der Waals surface area contributed by atoms with Crippen molar-refractivity contribution in [2.45, 2.75) is 48.1 Å². The molecule has 6 nitrogen and oxygen atoms in total. The van der Waals surface area contributed by atoms with Gasteiger partial charge in [0.05, 0.1) is 13.2 Å². The van der Waals surface area contributed by atoms with E-state index in [-0.39, 0.29) is 0 Å². The summed E-state index contributed by atoms with van der Waals surface area (Å²) >= 11 is 0. The summed E-state index contributed by atoms with van der Waals surface area (Å²) in [7, 11) is 4.09. The molecule has 0 aliphatic carbocycles. The molecule has 0 amide bonds. The molecule has 0 fully saturated rings.